The minimum absolute atomic E-state index is 0.120. The number of nitrogens with one attached hydrogen (secondary N) is 1. The smallest absolute Gasteiger partial charge is 0.341 e. The standard InChI is InChI=1S/C18H21NO4S/c1-4-14-10-15(18(21)22-5-2)17(24-14)19-16(20)11-23-13-8-6-12(3)7-9-13/h6-10H,4-5,11H2,1-3H3,(H,19,20). The largest absolute Gasteiger partial charge is 0.484 e. The third-order valence-electron chi connectivity index (χ3n) is 3.27. The highest BCUT2D eigenvalue weighted by Gasteiger charge is 2.18. The third kappa shape index (κ3) is 4.83. The van der Waals surface area contributed by atoms with Crippen LogP contribution < -0.4 is 10.1 Å². The number of thiophene rings is 1. The molecule has 24 heavy (non-hydrogen) atoms. The summed E-state index contributed by atoms with van der Waals surface area (Å²) in [7, 11) is 0. The Bertz CT molecular complexity index is 706. The second-order valence-electron chi connectivity index (χ2n) is 5.18. The van der Waals surface area contributed by atoms with Crippen molar-refractivity contribution >= 4 is 28.2 Å². The summed E-state index contributed by atoms with van der Waals surface area (Å²) in [5.41, 5.74) is 1.51. The molecule has 1 amide bonds. The number of carbonyl (C=O) groups is 2. The average molecular weight is 347 g/mol. The van der Waals surface area contributed by atoms with Gasteiger partial charge in [0.25, 0.3) is 5.91 Å². The molecular formula is C18H21NO4S. The Balaban J connectivity index is 2.01. The Labute approximate surface area is 145 Å². The first kappa shape index (κ1) is 18.0. The monoisotopic (exact) mass is 347 g/mol. The van der Waals surface area contributed by atoms with Crippen LogP contribution in [0.5, 0.6) is 5.75 Å². The number of anilines is 1. The van der Waals surface area contributed by atoms with Gasteiger partial charge < -0.3 is 14.8 Å². The van der Waals surface area contributed by atoms with E-state index in [2.05, 4.69) is 5.32 Å². The molecule has 0 radical (unpaired) electrons. The van der Waals surface area contributed by atoms with Gasteiger partial charge in [-0.1, -0.05) is 24.6 Å². The number of carbonyl (C=O) groups excluding carboxylic acids is 2. The molecule has 0 saturated heterocycles. The van der Waals surface area contributed by atoms with E-state index in [1.54, 1.807) is 13.0 Å². The van der Waals surface area contributed by atoms with Crippen molar-refractivity contribution in [2.75, 3.05) is 18.5 Å². The van der Waals surface area contributed by atoms with E-state index in [9.17, 15) is 9.59 Å². The van der Waals surface area contributed by atoms with Gasteiger partial charge in [0.05, 0.1) is 12.2 Å². The van der Waals surface area contributed by atoms with Crippen LogP contribution in [0.4, 0.5) is 5.00 Å². The van der Waals surface area contributed by atoms with Crippen molar-refractivity contribution in [1.82, 2.24) is 0 Å². The van der Waals surface area contributed by atoms with Crippen LogP contribution in [0.15, 0.2) is 30.3 Å². The van der Waals surface area contributed by atoms with Crippen molar-refractivity contribution in [2.45, 2.75) is 27.2 Å². The molecule has 0 aliphatic rings. The molecule has 6 heteroatoms. The van der Waals surface area contributed by atoms with E-state index in [1.807, 2.05) is 38.1 Å². The van der Waals surface area contributed by atoms with E-state index in [1.165, 1.54) is 11.3 Å². The van der Waals surface area contributed by atoms with Gasteiger partial charge in [0.2, 0.25) is 0 Å². The third-order valence-corrected chi connectivity index (χ3v) is 4.47. The maximum absolute atomic E-state index is 12.1. The Morgan fingerprint density at radius 1 is 1.17 bits per heavy atom. The molecule has 1 aromatic carbocycles. The zero-order chi connectivity index (χ0) is 17.5. The van der Waals surface area contributed by atoms with Crippen LogP contribution in [0.25, 0.3) is 0 Å². The number of amides is 1. The highest BCUT2D eigenvalue weighted by molar-refractivity contribution is 7.16. The summed E-state index contributed by atoms with van der Waals surface area (Å²) < 4.78 is 10.5. The van der Waals surface area contributed by atoms with E-state index in [0.29, 0.717) is 22.9 Å². The summed E-state index contributed by atoms with van der Waals surface area (Å²) in [6.45, 7) is 5.89. The van der Waals surface area contributed by atoms with Crippen LogP contribution in [0.3, 0.4) is 0 Å². The van der Waals surface area contributed by atoms with Gasteiger partial charge in [0.1, 0.15) is 10.8 Å². The van der Waals surface area contributed by atoms with Gasteiger partial charge in [-0.2, -0.15) is 0 Å². The summed E-state index contributed by atoms with van der Waals surface area (Å²) in [6.07, 6.45) is 0.785. The lowest BCUT2D eigenvalue weighted by molar-refractivity contribution is -0.118. The number of hydrogen-bond donors (Lipinski definition) is 1. The van der Waals surface area contributed by atoms with Crippen molar-refractivity contribution in [2.24, 2.45) is 0 Å². The molecule has 0 aliphatic carbocycles. The van der Waals surface area contributed by atoms with Crippen LogP contribution in [0, 0.1) is 6.92 Å². The Morgan fingerprint density at radius 3 is 2.50 bits per heavy atom. The molecule has 0 unspecified atom stereocenters. The number of esters is 1. The highest BCUT2D eigenvalue weighted by atomic mass is 32.1. The number of aryl methyl sites for hydroxylation is 2. The van der Waals surface area contributed by atoms with Crippen LogP contribution in [-0.4, -0.2) is 25.1 Å². The Morgan fingerprint density at radius 2 is 1.88 bits per heavy atom. The van der Waals surface area contributed by atoms with Gasteiger partial charge in [-0.3, -0.25) is 4.79 Å². The summed E-state index contributed by atoms with van der Waals surface area (Å²) in [5, 5.41) is 3.24. The van der Waals surface area contributed by atoms with E-state index < -0.39 is 5.97 Å². The minimum Gasteiger partial charge on any atom is -0.484 e. The lowest BCUT2D eigenvalue weighted by Crippen LogP contribution is -2.21. The SMILES string of the molecule is CCOC(=O)c1cc(CC)sc1NC(=O)COc1ccc(C)cc1. The molecule has 0 bridgehead atoms. The fourth-order valence-electron chi connectivity index (χ4n) is 2.02. The molecule has 0 fully saturated rings. The zero-order valence-electron chi connectivity index (χ0n) is 14.0. The van der Waals surface area contributed by atoms with E-state index in [0.717, 1.165) is 16.9 Å². The molecule has 1 N–H and O–H groups in total. The topological polar surface area (TPSA) is 64.6 Å². The predicted molar refractivity (Wildman–Crippen MR) is 95.0 cm³/mol. The van der Waals surface area contributed by atoms with Gasteiger partial charge in [0.15, 0.2) is 6.61 Å². The van der Waals surface area contributed by atoms with Gasteiger partial charge in [0, 0.05) is 4.88 Å². The molecule has 2 aromatic rings. The number of hydrogen-bond acceptors (Lipinski definition) is 5. The lowest BCUT2D eigenvalue weighted by atomic mass is 10.2. The van der Waals surface area contributed by atoms with Gasteiger partial charge >= 0.3 is 5.97 Å². The molecule has 0 atom stereocenters. The lowest BCUT2D eigenvalue weighted by Gasteiger charge is -2.08. The van der Waals surface area contributed by atoms with Gasteiger partial charge in [-0.05, 0) is 38.5 Å². The minimum atomic E-state index is -0.428. The Kier molecular flexibility index (Phi) is 6.37. The highest BCUT2D eigenvalue weighted by Crippen LogP contribution is 2.29. The van der Waals surface area contributed by atoms with Crippen molar-refractivity contribution in [3.8, 4) is 5.75 Å². The fourth-order valence-corrected chi connectivity index (χ4v) is 3.02. The average Bonchev–Trinajstić information content (AvgIpc) is 2.97. The maximum Gasteiger partial charge on any atom is 0.341 e. The molecule has 0 saturated carbocycles. The summed E-state index contributed by atoms with van der Waals surface area (Å²) in [4.78, 5) is 25.1. The van der Waals surface area contributed by atoms with Crippen LogP contribution in [0.1, 0.15) is 34.6 Å². The first-order valence-corrected chi connectivity index (χ1v) is 8.64. The second-order valence-corrected chi connectivity index (χ2v) is 6.32. The summed E-state index contributed by atoms with van der Waals surface area (Å²) in [6, 6.07) is 9.22. The second kappa shape index (κ2) is 8.49. The molecule has 0 spiro atoms. The van der Waals surface area contributed by atoms with E-state index >= 15 is 0 Å². The molecular weight excluding hydrogens is 326 g/mol. The van der Waals surface area contributed by atoms with Crippen LogP contribution >= 0.6 is 11.3 Å². The van der Waals surface area contributed by atoms with Crippen molar-refractivity contribution in [3.05, 3.63) is 46.3 Å². The normalized spacial score (nSPS) is 10.3. The van der Waals surface area contributed by atoms with Crippen molar-refractivity contribution < 1.29 is 19.1 Å². The number of benzene rings is 1. The molecule has 1 aromatic heterocycles. The van der Waals surface area contributed by atoms with Crippen LogP contribution in [-0.2, 0) is 16.0 Å². The number of rotatable bonds is 7. The summed E-state index contributed by atoms with van der Waals surface area (Å²) in [5.74, 6) is -0.115. The van der Waals surface area contributed by atoms with E-state index in [4.69, 9.17) is 9.47 Å². The fraction of sp³-hybridized carbons (Fsp3) is 0.333. The first-order valence-electron chi connectivity index (χ1n) is 7.82. The Hall–Kier alpha value is -2.34. The van der Waals surface area contributed by atoms with Gasteiger partial charge in [-0.15, -0.1) is 11.3 Å². The molecule has 128 valence electrons. The molecule has 0 aliphatic heterocycles. The molecule has 2 rings (SSSR count). The molecule has 1 heterocycles. The van der Waals surface area contributed by atoms with Gasteiger partial charge in [-0.25, -0.2) is 4.79 Å². The van der Waals surface area contributed by atoms with Crippen LogP contribution in [0.2, 0.25) is 0 Å². The summed E-state index contributed by atoms with van der Waals surface area (Å²) >= 11 is 1.38. The zero-order valence-corrected chi connectivity index (χ0v) is 14.9. The van der Waals surface area contributed by atoms with E-state index in [-0.39, 0.29) is 12.5 Å². The number of ether oxygens (including phenoxy) is 2. The van der Waals surface area contributed by atoms with Crippen molar-refractivity contribution in [1.29, 1.82) is 0 Å². The first-order chi connectivity index (χ1) is 11.5. The maximum atomic E-state index is 12.1. The molecule has 5 nitrogen and oxygen atoms in total. The van der Waals surface area contributed by atoms with Crippen molar-refractivity contribution in [3.63, 3.8) is 0 Å². The predicted octanol–water partition coefficient (Wildman–Crippen LogP) is 3.81. The quantitative estimate of drug-likeness (QED) is 0.774.